The molecule has 0 saturated heterocycles. The van der Waals surface area contributed by atoms with Crippen molar-refractivity contribution in [2.75, 3.05) is 5.43 Å². The van der Waals surface area contributed by atoms with Gasteiger partial charge in [0.25, 0.3) is 0 Å². The molecule has 2 heterocycles. The molecule has 0 spiro atoms. The van der Waals surface area contributed by atoms with E-state index in [1.807, 2.05) is 36.4 Å². The van der Waals surface area contributed by atoms with Crippen LogP contribution in [0.4, 0.5) is 5.95 Å². The van der Waals surface area contributed by atoms with Crippen molar-refractivity contribution in [3.05, 3.63) is 45.9 Å². The Bertz CT molecular complexity index is 668. The Hall–Kier alpha value is -1.83. The highest BCUT2D eigenvalue weighted by Crippen LogP contribution is 2.13. The lowest BCUT2D eigenvalue weighted by molar-refractivity contribution is 0.531. The fraction of sp³-hybridized carbons (Fsp3) is 0. The van der Waals surface area contributed by atoms with Crippen LogP contribution in [0.3, 0.4) is 0 Å². The zero-order chi connectivity index (χ0) is 12.4. The van der Waals surface area contributed by atoms with Crippen LogP contribution in [0.1, 0.15) is 5.76 Å². The number of nitrogens with zero attached hydrogens (tertiary/aromatic N) is 2. The summed E-state index contributed by atoms with van der Waals surface area (Å²) in [4.78, 5) is 7.46. The van der Waals surface area contributed by atoms with Gasteiger partial charge in [0.2, 0.25) is 5.95 Å². The van der Waals surface area contributed by atoms with Crippen LogP contribution in [-0.2, 0) is 0 Å². The van der Waals surface area contributed by atoms with E-state index >= 15 is 0 Å². The summed E-state index contributed by atoms with van der Waals surface area (Å²) >= 11 is 2.11. The Morgan fingerprint density at radius 1 is 1.28 bits per heavy atom. The number of para-hydroxylation sites is 2. The highest BCUT2D eigenvalue weighted by molar-refractivity contribution is 14.1. The maximum absolute atomic E-state index is 5.35. The number of rotatable bonds is 3. The van der Waals surface area contributed by atoms with E-state index < -0.39 is 0 Å². The van der Waals surface area contributed by atoms with Crippen LogP contribution in [0.15, 0.2) is 45.9 Å². The van der Waals surface area contributed by atoms with Crippen molar-refractivity contribution in [2.24, 2.45) is 5.10 Å². The molecule has 0 fully saturated rings. The molecule has 0 bridgehead atoms. The number of H-pyrrole nitrogens is 1. The SMILES string of the molecule is Ic1ccc(/C=N\Nc2nc3ccccc3[nH]2)o1. The number of hydrogen-bond donors (Lipinski definition) is 2. The Labute approximate surface area is 116 Å². The van der Waals surface area contributed by atoms with E-state index in [0.717, 1.165) is 14.8 Å². The highest BCUT2D eigenvalue weighted by atomic mass is 127. The van der Waals surface area contributed by atoms with Gasteiger partial charge < -0.3 is 9.40 Å². The lowest BCUT2D eigenvalue weighted by Crippen LogP contribution is -1.91. The first-order valence-electron chi connectivity index (χ1n) is 5.30. The number of benzene rings is 1. The monoisotopic (exact) mass is 352 g/mol. The molecule has 2 aromatic heterocycles. The molecule has 0 atom stereocenters. The van der Waals surface area contributed by atoms with E-state index in [1.54, 1.807) is 6.21 Å². The van der Waals surface area contributed by atoms with Crippen LogP contribution in [0.5, 0.6) is 0 Å². The average molecular weight is 352 g/mol. The summed E-state index contributed by atoms with van der Waals surface area (Å²) in [7, 11) is 0. The number of furan rings is 1. The third-order valence-electron chi connectivity index (χ3n) is 2.35. The van der Waals surface area contributed by atoms with E-state index in [9.17, 15) is 0 Å². The second kappa shape index (κ2) is 4.81. The minimum Gasteiger partial charge on any atom is -0.449 e. The maximum Gasteiger partial charge on any atom is 0.222 e. The van der Waals surface area contributed by atoms with Gasteiger partial charge in [-0.15, -0.1) is 0 Å². The molecule has 0 aliphatic rings. The molecule has 5 nitrogen and oxygen atoms in total. The number of nitrogens with one attached hydrogen (secondary N) is 2. The third-order valence-corrected chi connectivity index (χ3v) is 2.93. The molecule has 6 heteroatoms. The smallest absolute Gasteiger partial charge is 0.222 e. The Morgan fingerprint density at radius 2 is 2.17 bits per heavy atom. The van der Waals surface area contributed by atoms with E-state index in [0.29, 0.717) is 11.7 Å². The number of hydrogen-bond acceptors (Lipinski definition) is 4. The molecule has 2 N–H and O–H groups in total. The number of anilines is 1. The van der Waals surface area contributed by atoms with E-state index in [2.05, 4.69) is 43.1 Å². The summed E-state index contributed by atoms with van der Waals surface area (Å²) in [6, 6.07) is 11.5. The van der Waals surface area contributed by atoms with Crippen LogP contribution in [0, 0.1) is 3.77 Å². The normalized spacial score (nSPS) is 11.4. The first kappa shape index (κ1) is 11.3. The van der Waals surface area contributed by atoms with Gasteiger partial charge in [0.05, 0.1) is 17.2 Å². The Kier molecular flexibility index (Phi) is 3.01. The topological polar surface area (TPSA) is 66.2 Å². The number of fused-ring (bicyclic) bond motifs is 1. The summed E-state index contributed by atoms with van der Waals surface area (Å²) in [5.41, 5.74) is 4.71. The molecule has 1 aromatic carbocycles. The van der Waals surface area contributed by atoms with Crippen molar-refractivity contribution in [3.8, 4) is 0 Å². The van der Waals surface area contributed by atoms with Crippen molar-refractivity contribution in [2.45, 2.75) is 0 Å². The molecule has 0 aliphatic heterocycles. The van der Waals surface area contributed by atoms with Gasteiger partial charge in [0.1, 0.15) is 5.76 Å². The van der Waals surface area contributed by atoms with Gasteiger partial charge in [-0.3, -0.25) is 0 Å². The minimum absolute atomic E-state index is 0.605. The predicted molar refractivity (Wildman–Crippen MR) is 78.7 cm³/mol. The first-order valence-corrected chi connectivity index (χ1v) is 6.38. The standard InChI is InChI=1S/C12H9IN4O/c13-11-6-5-8(18-11)7-14-17-12-15-9-3-1-2-4-10(9)16-12/h1-7H,(H2,15,16,17)/b14-7-. The van der Waals surface area contributed by atoms with Crippen molar-refractivity contribution in [3.63, 3.8) is 0 Å². The summed E-state index contributed by atoms with van der Waals surface area (Å²) in [6.07, 6.45) is 1.61. The second-order valence-electron chi connectivity index (χ2n) is 3.61. The van der Waals surface area contributed by atoms with Gasteiger partial charge in [-0.1, -0.05) is 12.1 Å². The quantitative estimate of drug-likeness (QED) is 0.432. The lowest BCUT2D eigenvalue weighted by Gasteiger charge is -1.91. The summed E-state index contributed by atoms with van der Waals surface area (Å²) < 4.78 is 6.18. The molecule has 0 amide bonds. The van der Waals surface area contributed by atoms with Gasteiger partial charge in [-0.25, -0.2) is 10.4 Å². The third kappa shape index (κ3) is 2.37. The molecule has 90 valence electrons. The number of hydrazone groups is 1. The largest absolute Gasteiger partial charge is 0.449 e. The number of imidazole rings is 1. The number of aromatic amines is 1. The van der Waals surface area contributed by atoms with Crippen molar-refractivity contribution in [1.29, 1.82) is 0 Å². The minimum atomic E-state index is 0.605. The van der Waals surface area contributed by atoms with Gasteiger partial charge in [0, 0.05) is 0 Å². The van der Waals surface area contributed by atoms with Crippen LogP contribution in [0.25, 0.3) is 11.0 Å². The second-order valence-corrected chi connectivity index (χ2v) is 4.68. The molecular formula is C12H9IN4O. The summed E-state index contributed by atoms with van der Waals surface area (Å²) in [6.45, 7) is 0. The Balaban J connectivity index is 1.74. The number of halogens is 1. The van der Waals surface area contributed by atoms with Crippen LogP contribution in [0.2, 0.25) is 0 Å². The summed E-state index contributed by atoms with van der Waals surface area (Å²) in [5.74, 6) is 1.30. The lowest BCUT2D eigenvalue weighted by atomic mass is 10.3. The predicted octanol–water partition coefficient (Wildman–Crippen LogP) is 3.21. The van der Waals surface area contributed by atoms with Crippen molar-refractivity contribution in [1.82, 2.24) is 9.97 Å². The molecule has 0 saturated carbocycles. The van der Waals surface area contributed by atoms with Gasteiger partial charge in [-0.05, 0) is 46.9 Å². The van der Waals surface area contributed by atoms with Crippen molar-refractivity contribution < 1.29 is 4.42 Å². The molecule has 3 aromatic rings. The summed E-state index contributed by atoms with van der Waals surface area (Å²) in [5, 5.41) is 4.05. The zero-order valence-electron chi connectivity index (χ0n) is 9.22. The highest BCUT2D eigenvalue weighted by Gasteiger charge is 1.99. The van der Waals surface area contributed by atoms with E-state index in [1.165, 1.54) is 0 Å². The Morgan fingerprint density at radius 3 is 2.94 bits per heavy atom. The van der Waals surface area contributed by atoms with Gasteiger partial charge in [0.15, 0.2) is 3.77 Å². The molecule has 3 rings (SSSR count). The van der Waals surface area contributed by atoms with E-state index in [-0.39, 0.29) is 0 Å². The first-order chi connectivity index (χ1) is 8.81. The van der Waals surface area contributed by atoms with Crippen LogP contribution < -0.4 is 5.43 Å². The van der Waals surface area contributed by atoms with E-state index in [4.69, 9.17) is 4.42 Å². The average Bonchev–Trinajstić information content (AvgIpc) is 2.95. The van der Waals surface area contributed by atoms with Gasteiger partial charge in [-0.2, -0.15) is 5.10 Å². The molecule has 0 unspecified atom stereocenters. The molecular weight excluding hydrogens is 343 g/mol. The molecule has 0 radical (unpaired) electrons. The molecule has 18 heavy (non-hydrogen) atoms. The fourth-order valence-electron chi connectivity index (χ4n) is 1.56. The maximum atomic E-state index is 5.35. The number of aromatic nitrogens is 2. The molecule has 0 aliphatic carbocycles. The van der Waals surface area contributed by atoms with Crippen LogP contribution in [-0.4, -0.2) is 16.2 Å². The van der Waals surface area contributed by atoms with Crippen molar-refractivity contribution >= 4 is 45.8 Å². The van der Waals surface area contributed by atoms with Crippen LogP contribution >= 0.6 is 22.6 Å². The van der Waals surface area contributed by atoms with Gasteiger partial charge >= 0.3 is 0 Å². The fourth-order valence-corrected chi connectivity index (χ4v) is 1.99. The zero-order valence-corrected chi connectivity index (χ0v) is 11.4.